The van der Waals surface area contributed by atoms with Gasteiger partial charge in [-0.2, -0.15) is 0 Å². The molecule has 2 atom stereocenters. The van der Waals surface area contributed by atoms with E-state index >= 15 is 0 Å². The fourth-order valence-electron chi connectivity index (χ4n) is 4.09. The summed E-state index contributed by atoms with van der Waals surface area (Å²) in [5.74, 6) is -1.09. The predicted octanol–water partition coefficient (Wildman–Crippen LogP) is 4.48. The van der Waals surface area contributed by atoms with E-state index in [-0.39, 0.29) is 18.2 Å². The van der Waals surface area contributed by atoms with Crippen LogP contribution < -0.4 is 10.2 Å². The first kappa shape index (κ1) is 24.0. The molecule has 7 nitrogen and oxygen atoms in total. The van der Waals surface area contributed by atoms with Crippen LogP contribution in [-0.2, 0) is 16.0 Å². The lowest BCUT2D eigenvalue weighted by Crippen LogP contribution is -2.49. The molecular formula is C25H24Cl2N4O3. The van der Waals surface area contributed by atoms with Crippen molar-refractivity contribution in [3.05, 3.63) is 76.5 Å². The van der Waals surface area contributed by atoms with Gasteiger partial charge in [0.2, 0.25) is 11.9 Å². The minimum atomic E-state index is -1.07. The summed E-state index contributed by atoms with van der Waals surface area (Å²) in [5, 5.41) is 13.6. The van der Waals surface area contributed by atoms with E-state index in [1.165, 1.54) is 0 Å². The second-order valence-corrected chi connectivity index (χ2v) is 9.10. The number of halogens is 2. The molecule has 0 bridgehead atoms. The number of carboxylic acids is 1. The van der Waals surface area contributed by atoms with Crippen LogP contribution >= 0.6 is 23.2 Å². The van der Waals surface area contributed by atoms with Crippen LogP contribution in [0.5, 0.6) is 0 Å². The van der Waals surface area contributed by atoms with E-state index < -0.39 is 12.0 Å². The van der Waals surface area contributed by atoms with Crippen molar-refractivity contribution in [1.29, 1.82) is 0 Å². The number of nitrogens with one attached hydrogen (secondary N) is 1. The van der Waals surface area contributed by atoms with Crippen LogP contribution in [0.15, 0.2) is 60.9 Å². The second-order valence-electron chi connectivity index (χ2n) is 8.26. The number of anilines is 1. The maximum atomic E-state index is 12.9. The highest BCUT2D eigenvalue weighted by molar-refractivity contribution is 6.35. The monoisotopic (exact) mass is 498 g/mol. The van der Waals surface area contributed by atoms with Gasteiger partial charge in [-0.25, -0.2) is 14.8 Å². The summed E-state index contributed by atoms with van der Waals surface area (Å²) in [5.41, 5.74) is 2.46. The van der Waals surface area contributed by atoms with Crippen molar-refractivity contribution in [2.75, 3.05) is 18.0 Å². The van der Waals surface area contributed by atoms with Gasteiger partial charge in [0.1, 0.15) is 6.04 Å². The lowest BCUT2D eigenvalue weighted by Gasteiger charge is -2.32. The van der Waals surface area contributed by atoms with Gasteiger partial charge in [0, 0.05) is 47.5 Å². The number of carbonyl (C=O) groups is 2. The number of benzene rings is 2. The molecule has 1 aliphatic heterocycles. The van der Waals surface area contributed by atoms with Gasteiger partial charge in [-0.15, -0.1) is 0 Å². The number of carboxylic acid groups (broad SMARTS) is 1. The number of hydrogen-bond donors (Lipinski definition) is 2. The highest BCUT2D eigenvalue weighted by atomic mass is 35.5. The van der Waals surface area contributed by atoms with E-state index in [9.17, 15) is 14.7 Å². The topological polar surface area (TPSA) is 95.4 Å². The molecule has 2 aromatic carbocycles. The van der Waals surface area contributed by atoms with Crippen molar-refractivity contribution >= 4 is 41.0 Å². The number of amides is 1. The van der Waals surface area contributed by atoms with Crippen LogP contribution in [0.4, 0.5) is 5.95 Å². The van der Waals surface area contributed by atoms with Crippen molar-refractivity contribution in [1.82, 2.24) is 15.3 Å². The molecule has 1 aromatic heterocycles. The fourth-order valence-corrected chi connectivity index (χ4v) is 4.49. The first-order valence-corrected chi connectivity index (χ1v) is 11.8. The number of piperidine rings is 1. The SMILES string of the molecule is O=C(N[C@@H](Cc1ccc(-c2cc(Cl)ccc2Cl)cc1)C(=O)O)C1CCCN(c2ncccn2)C1. The van der Waals surface area contributed by atoms with E-state index in [0.29, 0.717) is 29.0 Å². The predicted molar refractivity (Wildman–Crippen MR) is 132 cm³/mol. The van der Waals surface area contributed by atoms with Gasteiger partial charge in [-0.1, -0.05) is 47.5 Å². The third kappa shape index (κ3) is 5.85. The summed E-state index contributed by atoms with van der Waals surface area (Å²) in [4.78, 5) is 35.3. The molecule has 0 radical (unpaired) electrons. The number of aromatic nitrogens is 2. The molecule has 3 aromatic rings. The van der Waals surface area contributed by atoms with Crippen molar-refractivity contribution in [3.63, 3.8) is 0 Å². The smallest absolute Gasteiger partial charge is 0.326 e. The second kappa shape index (κ2) is 10.8. The number of nitrogens with zero attached hydrogens (tertiary/aromatic N) is 3. The van der Waals surface area contributed by atoms with Gasteiger partial charge in [0.15, 0.2) is 0 Å². The zero-order valence-corrected chi connectivity index (χ0v) is 19.8. The molecule has 1 aliphatic rings. The molecular weight excluding hydrogens is 475 g/mol. The summed E-state index contributed by atoms with van der Waals surface area (Å²) in [6, 6.07) is 13.4. The van der Waals surface area contributed by atoms with Gasteiger partial charge in [0.25, 0.3) is 0 Å². The standard InChI is InChI=1S/C25H24Cl2N4O3/c26-19-8-9-21(27)20(14-19)17-6-4-16(5-7-17)13-22(24(33)34)30-23(32)18-3-1-12-31(15-18)25-28-10-2-11-29-25/h2,4-11,14,18,22H,1,3,12-13,15H2,(H,30,32)(H,33,34)/t18?,22-/m0/s1. The van der Waals surface area contributed by atoms with Crippen molar-refractivity contribution < 1.29 is 14.7 Å². The average Bonchev–Trinajstić information content (AvgIpc) is 2.86. The molecule has 9 heteroatoms. The molecule has 176 valence electrons. The van der Waals surface area contributed by atoms with E-state index in [1.54, 1.807) is 36.7 Å². The van der Waals surface area contributed by atoms with E-state index in [4.69, 9.17) is 23.2 Å². The third-order valence-corrected chi connectivity index (χ3v) is 6.44. The van der Waals surface area contributed by atoms with E-state index in [1.807, 2.05) is 29.2 Å². The maximum absolute atomic E-state index is 12.9. The van der Waals surface area contributed by atoms with Crippen LogP contribution in [0.25, 0.3) is 11.1 Å². The molecule has 2 N–H and O–H groups in total. The number of rotatable bonds is 7. The molecule has 1 saturated heterocycles. The number of aliphatic carboxylic acids is 1. The minimum absolute atomic E-state index is 0.170. The third-order valence-electron chi connectivity index (χ3n) is 5.87. The average molecular weight is 499 g/mol. The van der Waals surface area contributed by atoms with Crippen LogP contribution in [0.2, 0.25) is 10.0 Å². The molecule has 4 rings (SSSR count). The first-order chi connectivity index (χ1) is 16.4. The summed E-state index contributed by atoms with van der Waals surface area (Å²) in [6.45, 7) is 1.22. The van der Waals surface area contributed by atoms with Crippen molar-refractivity contribution in [3.8, 4) is 11.1 Å². The molecule has 1 fully saturated rings. The van der Waals surface area contributed by atoms with Crippen LogP contribution in [0.3, 0.4) is 0 Å². The maximum Gasteiger partial charge on any atom is 0.326 e. The highest BCUT2D eigenvalue weighted by Crippen LogP contribution is 2.30. The van der Waals surface area contributed by atoms with Gasteiger partial charge in [0.05, 0.1) is 5.92 Å². The highest BCUT2D eigenvalue weighted by Gasteiger charge is 2.30. The Morgan fingerprint density at radius 2 is 1.85 bits per heavy atom. The molecule has 2 heterocycles. The Bertz CT molecular complexity index is 1160. The zero-order valence-electron chi connectivity index (χ0n) is 18.3. The summed E-state index contributed by atoms with van der Waals surface area (Å²) >= 11 is 12.4. The fraction of sp³-hybridized carbons (Fsp3) is 0.280. The Labute approximate surface area is 207 Å². The quantitative estimate of drug-likeness (QED) is 0.498. The van der Waals surface area contributed by atoms with Gasteiger partial charge < -0.3 is 15.3 Å². The lowest BCUT2D eigenvalue weighted by molar-refractivity contribution is -0.142. The largest absolute Gasteiger partial charge is 0.480 e. The van der Waals surface area contributed by atoms with Gasteiger partial charge >= 0.3 is 5.97 Å². The number of carbonyl (C=O) groups excluding carboxylic acids is 1. The van der Waals surface area contributed by atoms with Crippen LogP contribution in [0.1, 0.15) is 18.4 Å². The van der Waals surface area contributed by atoms with E-state index in [0.717, 1.165) is 29.7 Å². The van der Waals surface area contributed by atoms with E-state index in [2.05, 4.69) is 15.3 Å². The molecule has 1 amide bonds. The van der Waals surface area contributed by atoms with Crippen LogP contribution in [-0.4, -0.2) is 46.1 Å². The number of hydrogen-bond acceptors (Lipinski definition) is 5. The Kier molecular flexibility index (Phi) is 7.65. The Morgan fingerprint density at radius 3 is 2.56 bits per heavy atom. The summed E-state index contributed by atoms with van der Waals surface area (Å²) < 4.78 is 0. The zero-order chi connectivity index (χ0) is 24.1. The van der Waals surface area contributed by atoms with Gasteiger partial charge in [-0.05, 0) is 48.2 Å². The first-order valence-electron chi connectivity index (χ1n) is 11.0. The van der Waals surface area contributed by atoms with Gasteiger partial charge in [-0.3, -0.25) is 4.79 Å². The summed E-state index contributed by atoms with van der Waals surface area (Å²) in [7, 11) is 0. The molecule has 0 saturated carbocycles. The molecule has 34 heavy (non-hydrogen) atoms. The Hall–Kier alpha value is -3.16. The Morgan fingerprint density at radius 1 is 1.12 bits per heavy atom. The van der Waals surface area contributed by atoms with Crippen molar-refractivity contribution in [2.45, 2.75) is 25.3 Å². The molecule has 0 spiro atoms. The van der Waals surface area contributed by atoms with Crippen molar-refractivity contribution in [2.24, 2.45) is 5.92 Å². The van der Waals surface area contributed by atoms with Crippen LogP contribution in [0, 0.1) is 5.92 Å². The minimum Gasteiger partial charge on any atom is -0.480 e. The molecule has 1 unspecified atom stereocenters. The Balaban J connectivity index is 1.41. The lowest BCUT2D eigenvalue weighted by atomic mass is 9.96. The normalized spacial score (nSPS) is 16.6. The summed E-state index contributed by atoms with van der Waals surface area (Å²) in [6.07, 6.45) is 5.00. The molecule has 0 aliphatic carbocycles.